The molecule has 0 aromatic rings. The Morgan fingerprint density at radius 2 is 1.64 bits per heavy atom. The second-order valence-corrected chi connectivity index (χ2v) is 3.78. The molecule has 0 rings (SSSR count). The molecule has 0 aliphatic carbocycles. The number of nitrogens with zero attached hydrogens (tertiary/aromatic N) is 1. The zero-order valence-electron chi connectivity index (χ0n) is 9.58. The summed E-state index contributed by atoms with van der Waals surface area (Å²) < 4.78 is 0. The van der Waals surface area contributed by atoms with Gasteiger partial charge >= 0.3 is 0 Å². The molecule has 86 valence electrons. The van der Waals surface area contributed by atoms with Gasteiger partial charge in [0.05, 0.1) is 6.61 Å². The minimum Gasteiger partial charge on any atom is -0.396 e. The summed E-state index contributed by atoms with van der Waals surface area (Å²) in [5.74, 6) is 0.722. The monoisotopic (exact) mass is 203 g/mol. The Balaban J connectivity index is 3.80. The lowest BCUT2D eigenvalue weighted by molar-refractivity contribution is 0.158. The van der Waals surface area contributed by atoms with Gasteiger partial charge in [-0.25, -0.2) is 0 Å². The second-order valence-electron chi connectivity index (χ2n) is 3.78. The third kappa shape index (κ3) is 6.35. The van der Waals surface area contributed by atoms with Crippen LogP contribution >= 0.6 is 0 Å². The molecule has 0 saturated heterocycles. The predicted octanol–water partition coefficient (Wildman–Crippen LogP) is 1.10. The van der Waals surface area contributed by atoms with Crippen LogP contribution < -0.4 is 0 Å². The van der Waals surface area contributed by atoms with Crippen LogP contribution in [-0.2, 0) is 0 Å². The fraction of sp³-hybridized carbons (Fsp3) is 1.00. The minimum atomic E-state index is 0.214. The molecule has 3 nitrogen and oxygen atoms in total. The van der Waals surface area contributed by atoms with Crippen molar-refractivity contribution in [1.29, 1.82) is 0 Å². The predicted molar refractivity (Wildman–Crippen MR) is 59.3 cm³/mol. The van der Waals surface area contributed by atoms with Gasteiger partial charge in [0.15, 0.2) is 0 Å². The van der Waals surface area contributed by atoms with Crippen LogP contribution in [0, 0.1) is 5.92 Å². The van der Waals surface area contributed by atoms with E-state index < -0.39 is 0 Å². The fourth-order valence-corrected chi connectivity index (χ4v) is 1.64. The average Bonchev–Trinajstić information content (AvgIpc) is 2.22. The molecule has 0 atom stereocenters. The van der Waals surface area contributed by atoms with Crippen LogP contribution in [0.4, 0.5) is 0 Å². The fourth-order valence-electron chi connectivity index (χ4n) is 1.64. The SMILES string of the molecule is CCC(CC)CN(CCO)CCCO. The van der Waals surface area contributed by atoms with Crippen LogP contribution in [0.1, 0.15) is 33.1 Å². The molecule has 0 amide bonds. The van der Waals surface area contributed by atoms with Gasteiger partial charge in [0, 0.05) is 26.2 Å². The zero-order chi connectivity index (χ0) is 10.8. The molecule has 0 spiro atoms. The number of aliphatic hydroxyl groups excluding tert-OH is 2. The van der Waals surface area contributed by atoms with Gasteiger partial charge in [-0.3, -0.25) is 0 Å². The number of hydrogen-bond acceptors (Lipinski definition) is 3. The highest BCUT2D eigenvalue weighted by Crippen LogP contribution is 2.09. The van der Waals surface area contributed by atoms with Crippen molar-refractivity contribution in [2.75, 3.05) is 32.8 Å². The van der Waals surface area contributed by atoms with E-state index in [2.05, 4.69) is 18.7 Å². The smallest absolute Gasteiger partial charge is 0.0558 e. The van der Waals surface area contributed by atoms with Crippen LogP contribution in [-0.4, -0.2) is 48.0 Å². The second kappa shape index (κ2) is 9.44. The van der Waals surface area contributed by atoms with E-state index in [-0.39, 0.29) is 13.2 Å². The van der Waals surface area contributed by atoms with Crippen LogP contribution in [0.15, 0.2) is 0 Å². The summed E-state index contributed by atoms with van der Waals surface area (Å²) in [5.41, 5.74) is 0. The largest absolute Gasteiger partial charge is 0.396 e. The van der Waals surface area contributed by atoms with Crippen molar-refractivity contribution in [1.82, 2.24) is 4.90 Å². The summed E-state index contributed by atoms with van der Waals surface area (Å²) in [5, 5.41) is 17.6. The van der Waals surface area contributed by atoms with Crippen molar-refractivity contribution in [3.8, 4) is 0 Å². The average molecular weight is 203 g/mol. The van der Waals surface area contributed by atoms with E-state index in [4.69, 9.17) is 10.2 Å². The Morgan fingerprint density at radius 3 is 2.07 bits per heavy atom. The lowest BCUT2D eigenvalue weighted by Crippen LogP contribution is -2.33. The van der Waals surface area contributed by atoms with Gasteiger partial charge in [0.1, 0.15) is 0 Å². The van der Waals surface area contributed by atoms with Gasteiger partial charge in [-0.2, -0.15) is 0 Å². The molecule has 0 saturated carbocycles. The van der Waals surface area contributed by atoms with E-state index in [1.807, 2.05) is 0 Å². The van der Waals surface area contributed by atoms with Crippen molar-refractivity contribution in [3.05, 3.63) is 0 Å². The summed E-state index contributed by atoms with van der Waals surface area (Å²) >= 11 is 0. The molecule has 0 aromatic heterocycles. The molecule has 0 aliphatic heterocycles. The summed E-state index contributed by atoms with van der Waals surface area (Å²) in [4.78, 5) is 2.24. The number of rotatable bonds is 9. The molecule has 14 heavy (non-hydrogen) atoms. The van der Waals surface area contributed by atoms with E-state index in [1.54, 1.807) is 0 Å². The van der Waals surface area contributed by atoms with Crippen LogP contribution in [0.25, 0.3) is 0 Å². The van der Waals surface area contributed by atoms with E-state index in [1.165, 1.54) is 12.8 Å². The Kier molecular flexibility index (Phi) is 9.35. The van der Waals surface area contributed by atoms with Gasteiger partial charge < -0.3 is 15.1 Å². The van der Waals surface area contributed by atoms with Crippen LogP contribution in [0.5, 0.6) is 0 Å². The zero-order valence-corrected chi connectivity index (χ0v) is 9.58. The summed E-state index contributed by atoms with van der Waals surface area (Å²) in [6.07, 6.45) is 3.19. The molecule has 0 unspecified atom stereocenters. The van der Waals surface area contributed by atoms with Gasteiger partial charge in [-0.15, -0.1) is 0 Å². The maximum Gasteiger partial charge on any atom is 0.0558 e. The first-order chi connectivity index (χ1) is 6.78. The lowest BCUT2D eigenvalue weighted by atomic mass is 10.0. The molecule has 2 N–H and O–H groups in total. The van der Waals surface area contributed by atoms with Gasteiger partial charge in [-0.05, 0) is 12.3 Å². The van der Waals surface area contributed by atoms with Crippen LogP contribution in [0.2, 0.25) is 0 Å². The summed E-state index contributed by atoms with van der Waals surface area (Å²) in [6.45, 7) is 7.54. The molecule has 0 bridgehead atoms. The van der Waals surface area contributed by atoms with Crippen LogP contribution in [0.3, 0.4) is 0 Å². The van der Waals surface area contributed by atoms with Crippen molar-refractivity contribution in [2.45, 2.75) is 33.1 Å². The van der Waals surface area contributed by atoms with E-state index in [9.17, 15) is 0 Å². The third-order valence-corrected chi connectivity index (χ3v) is 2.72. The number of aliphatic hydroxyl groups is 2. The van der Waals surface area contributed by atoms with E-state index in [0.717, 1.165) is 32.0 Å². The van der Waals surface area contributed by atoms with Gasteiger partial charge in [0.25, 0.3) is 0 Å². The Hall–Kier alpha value is -0.120. The van der Waals surface area contributed by atoms with Gasteiger partial charge in [-0.1, -0.05) is 26.7 Å². The lowest BCUT2D eigenvalue weighted by Gasteiger charge is -2.25. The molecule has 0 aromatic carbocycles. The first-order valence-electron chi connectivity index (χ1n) is 5.72. The van der Waals surface area contributed by atoms with E-state index >= 15 is 0 Å². The topological polar surface area (TPSA) is 43.7 Å². The number of hydrogen-bond donors (Lipinski definition) is 2. The van der Waals surface area contributed by atoms with Crippen molar-refractivity contribution < 1.29 is 10.2 Å². The molecular weight excluding hydrogens is 178 g/mol. The molecular formula is C11H25NO2. The summed E-state index contributed by atoms with van der Waals surface area (Å²) in [6, 6.07) is 0. The first kappa shape index (κ1) is 13.9. The normalized spacial score (nSPS) is 11.6. The Labute approximate surface area is 87.7 Å². The molecule has 0 radical (unpaired) electrons. The maximum absolute atomic E-state index is 8.89. The summed E-state index contributed by atoms with van der Waals surface area (Å²) in [7, 11) is 0. The molecule has 3 heteroatoms. The Morgan fingerprint density at radius 1 is 1.00 bits per heavy atom. The highest BCUT2D eigenvalue weighted by molar-refractivity contribution is 4.64. The van der Waals surface area contributed by atoms with Crippen molar-refractivity contribution in [3.63, 3.8) is 0 Å². The molecule has 0 aliphatic rings. The van der Waals surface area contributed by atoms with Crippen molar-refractivity contribution in [2.24, 2.45) is 5.92 Å². The van der Waals surface area contributed by atoms with Crippen molar-refractivity contribution >= 4 is 0 Å². The minimum absolute atomic E-state index is 0.214. The molecule has 0 heterocycles. The quantitative estimate of drug-likeness (QED) is 0.590. The highest BCUT2D eigenvalue weighted by Gasteiger charge is 2.10. The van der Waals surface area contributed by atoms with E-state index in [0.29, 0.717) is 0 Å². The third-order valence-electron chi connectivity index (χ3n) is 2.72. The van der Waals surface area contributed by atoms with Gasteiger partial charge in [0.2, 0.25) is 0 Å². The standard InChI is InChI=1S/C11H25NO2/c1-3-11(4-2)10-12(7-9-14)6-5-8-13/h11,13-14H,3-10H2,1-2H3. The Bertz CT molecular complexity index is 116. The maximum atomic E-state index is 8.89. The molecule has 0 fully saturated rings. The first-order valence-corrected chi connectivity index (χ1v) is 5.72. The highest BCUT2D eigenvalue weighted by atomic mass is 16.3.